The third kappa shape index (κ3) is 2.39. The molecule has 0 bridgehead atoms. The molecule has 3 nitrogen and oxygen atoms in total. The van der Waals surface area contributed by atoms with Gasteiger partial charge in [0, 0.05) is 26.2 Å². The molecule has 1 aromatic carbocycles. The van der Waals surface area contributed by atoms with Gasteiger partial charge in [-0.05, 0) is 31.5 Å². The molecule has 1 aromatic rings. The van der Waals surface area contributed by atoms with Crippen molar-refractivity contribution < 1.29 is 0 Å². The smallest absolute Gasteiger partial charge is 0.0607 e. The van der Waals surface area contributed by atoms with E-state index >= 15 is 0 Å². The highest BCUT2D eigenvalue weighted by atomic mass is 15.3. The van der Waals surface area contributed by atoms with Gasteiger partial charge in [0.15, 0.2) is 0 Å². The Bertz CT molecular complexity index is 364. The standard InChI is InChI=1S/C14H23N3/c1-3-12(8-9-15)17-11-10-16(2)13-6-4-5-7-14(13)17/h4-7,12H,3,8-11,15H2,1-2H3. The lowest BCUT2D eigenvalue weighted by Gasteiger charge is -2.41. The average molecular weight is 233 g/mol. The number of nitrogens with zero attached hydrogens (tertiary/aromatic N) is 2. The molecule has 0 fully saturated rings. The summed E-state index contributed by atoms with van der Waals surface area (Å²) >= 11 is 0. The second kappa shape index (κ2) is 5.41. The second-order valence-electron chi connectivity index (χ2n) is 4.74. The van der Waals surface area contributed by atoms with Crippen LogP contribution in [0.2, 0.25) is 0 Å². The lowest BCUT2D eigenvalue weighted by atomic mass is 10.1. The van der Waals surface area contributed by atoms with Gasteiger partial charge >= 0.3 is 0 Å². The summed E-state index contributed by atoms with van der Waals surface area (Å²) in [5.74, 6) is 0. The van der Waals surface area contributed by atoms with Gasteiger partial charge < -0.3 is 15.5 Å². The topological polar surface area (TPSA) is 32.5 Å². The molecule has 94 valence electrons. The van der Waals surface area contributed by atoms with Crippen LogP contribution in [0, 0.1) is 0 Å². The van der Waals surface area contributed by atoms with Gasteiger partial charge in [0.05, 0.1) is 11.4 Å². The van der Waals surface area contributed by atoms with Crippen LogP contribution in [0.25, 0.3) is 0 Å². The van der Waals surface area contributed by atoms with Gasteiger partial charge in [-0.2, -0.15) is 0 Å². The zero-order chi connectivity index (χ0) is 12.3. The first-order valence-corrected chi connectivity index (χ1v) is 6.54. The number of benzene rings is 1. The van der Waals surface area contributed by atoms with Crippen LogP contribution in [0.15, 0.2) is 24.3 Å². The molecule has 1 atom stereocenters. The zero-order valence-electron chi connectivity index (χ0n) is 10.9. The fourth-order valence-corrected chi connectivity index (χ4v) is 2.68. The van der Waals surface area contributed by atoms with Crippen molar-refractivity contribution in [3.63, 3.8) is 0 Å². The Labute approximate surface area is 104 Å². The maximum absolute atomic E-state index is 5.72. The zero-order valence-corrected chi connectivity index (χ0v) is 10.9. The fraction of sp³-hybridized carbons (Fsp3) is 0.571. The SMILES string of the molecule is CCC(CCN)N1CCN(C)c2ccccc21. The van der Waals surface area contributed by atoms with Crippen molar-refractivity contribution >= 4 is 11.4 Å². The molecule has 3 heteroatoms. The van der Waals surface area contributed by atoms with E-state index in [1.807, 2.05) is 0 Å². The van der Waals surface area contributed by atoms with Crippen LogP contribution in [-0.4, -0.2) is 32.7 Å². The highest BCUT2D eigenvalue weighted by Crippen LogP contribution is 2.34. The summed E-state index contributed by atoms with van der Waals surface area (Å²) in [5.41, 5.74) is 8.43. The van der Waals surface area contributed by atoms with E-state index in [1.54, 1.807) is 0 Å². The quantitative estimate of drug-likeness (QED) is 0.864. The van der Waals surface area contributed by atoms with Crippen molar-refractivity contribution in [1.29, 1.82) is 0 Å². The van der Waals surface area contributed by atoms with Gasteiger partial charge in [0.1, 0.15) is 0 Å². The molecular formula is C14H23N3. The van der Waals surface area contributed by atoms with Crippen LogP contribution in [0.1, 0.15) is 19.8 Å². The molecule has 2 N–H and O–H groups in total. The predicted octanol–water partition coefficient (Wildman–Crippen LogP) is 2.07. The monoisotopic (exact) mass is 233 g/mol. The third-order valence-corrected chi connectivity index (χ3v) is 3.69. The number of likely N-dealkylation sites (N-methyl/N-ethyl adjacent to an activating group) is 1. The van der Waals surface area contributed by atoms with E-state index < -0.39 is 0 Å². The Morgan fingerprint density at radius 1 is 1.24 bits per heavy atom. The molecule has 1 unspecified atom stereocenters. The number of nitrogens with two attached hydrogens (primary N) is 1. The van der Waals surface area contributed by atoms with Crippen LogP contribution < -0.4 is 15.5 Å². The van der Waals surface area contributed by atoms with E-state index in [1.165, 1.54) is 11.4 Å². The fourth-order valence-electron chi connectivity index (χ4n) is 2.68. The molecule has 17 heavy (non-hydrogen) atoms. The maximum atomic E-state index is 5.72. The molecular weight excluding hydrogens is 210 g/mol. The third-order valence-electron chi connectivity index (χ3n) is 3.69. The van der Waals surface area contributed by atoms with E-state index in [4.69, 9.17) is 5.73 Å². The Hall–Kier alpha value is -1.22. The maximum Gasteiger partial charge on any atom is 0.0607 e. The van der Waals surface area contributed by atoms with E-state index in [-0.39, 0.29) is 0 Å². The van der Waals surface area contributed by atoms with Gasteiger partial charge in [0.2, 0.25) is 0 Å². The Kier molecular flexibility index (Phi) is 3.89. The summed E-state index contributed by atoms with van der Waals surface area (Å²) in [7, 11) is 2.17. The van der Waals surface area contributed by atoms with E-state index in [2.05, 4.69) is 48.0 Å². The molecule has 1 aliphatic rings. The number of rotatable bonds is 4. The second-order valence-corrected chi connectivity index (χ2v) is 4.74. The minimum absolute atomic E-state index is 0.579. The number of hydrogen-bond acceptors (Lipinski definition) is 3. The van der Waals surface area contributed by atoms with Crippen LogP contribution in [0.4, 0.5) is 11.4 Å². The summed E-state index contributed by atoms with van der Waals surface area (Å²) in [6, 6.07) is 9.25. The molecule has 1 heterocycles. The normalized spacial score (nSPS) is 16.9. The van der Waals surface area contributed by atoms with E-state index in [9.17, 15) is 0 Å². The molecule has 0 saturated heterocycles. The van der Waals surface area contributed by atoms with Crippen molar-refractivity contribution in [2.75, 3.05) is 36.5 Å². The van der Waals surface area contributed by atoms with Crippen molar-refractivity contribution in [2.45, 2.75) is 25.8 Å². The first-order chi connectivity index (χ1) is 8.27. The van der Waals surface area contributed by atoms with Crippen LogP contribution in [-0.2, 0) is 0 Å². The predicted molar refractivity (Wildman–Crippen MR) is 74.8 cm³/mol. The molecule has 2 rings (SSSR count). The first kappa shape index (κ1) is 12.2. The van der Waals surface area contributed by atoms with Crippen LogP contribution >= 0.6 is 0 Å². The number of hydrogen-bond donors (Lipinski definition) is 1. The summed E-state index contributed by atoms with van der Waals surface area (Å²) in [5, 5.41) is 0. The molecule has 0 spiro atoms. The Morgan fingerprint density at radius 2 is 1.94 bits per heavy atom. The van der Waals surface area contributed by atoms with Crippen LogP contribution in [0.3, 0.4) is 0 Å². The van der Waals surface area contributed by atoms with Gasteiger partial charge in [0.25, 0.3) is 0 Å². The summed E-state index contributed by atoms with van der Waals surface area (Å²) in [6.45, 7) is 5.22. The Morgan fingerprint density at radius 3 is 2.59 bits per heavy atom. The average Bonchev–Trinajstić information content (AvgIpc) is 2.37. The minimum Gasteiger partial charge on any atom is -0.371 e. The van der Waals surface area contributed by atoms with E-state index in [0.717, 1.165) is 32.5 Å². The van der Waals surface area contributed by atoms with Crippen molar-refractivity contribution in [3.05, 3.63) is 24.3 Å². The molecule has 0 radical (unpaired) electrons. The molecule has 0 aromatic heterocycles. The van der Waals surface area contributed by atoms with E-state index in [0.29, 0.717) is 6.04 Å². The molecule has 0 saturated carbocycles. The largest absolute Gasteiger partial charge is 0.371 e. The molecule has 0 aliphatic carbocycles. The van der Waals surface area contributed by atoms with Gasteiger partial charge in [-0.3, -0.25) is 0 Å². The highest BCUT2D eigenvalue weighted by Gasteiger charge is 2.24. The number of fused-ring (bicyclic) bond motifs is 1. The number of para-hydroxylation sites is 2. The lowest BCUT2D eigenvalue weighted by molar-refractivity contribution is 0.533. The van der Waals surface area contributed by atoms with Crippen molar-refractivity contribution in [1.82, 2.24) is 0 Å². The number of anilines is 2. The van der Waals surface area contributed by atoms with Crippen molar-refractivity contribution in [2.24, 2.45) is 5.73 Å². The summed E-state index contributed by atoms with van der Waals surface area (Å²) in [4.78, 5) is 4.86. The molecule has 0 amide bonds. The molecule has 1 aliphatic heterocycles. The summed E-state index contributed by atoms with van der Waals surface area (Å²) in [6.07, 6.45) is 2.24. The summed E-state index contributed by atoms with van der Waals surface area (Å²) < 4.78 is 0. The van der Waals surface area contributed by atoms with Crippen LogP contribution in [0.5, 0.6) is 0 Å². The minimum atomic E-state index is 0.579. The highest BCUT2D eigenvalue weighted by molar-refractivity contribution is 5.73. The van der Waals surface area contributed by atoms with Gasteiger partial charge in [-0.15, -0.1) is 0 Å². The lowest BCUT2D eigenvalue weighted by Crippen LogP contribution is -2.45. The first-order valence-electron chi connectivity index (χ1n) is 6.54. The Balaban J connectivity index is 2.28. The van der Waals surface area contributed by atoms with Crippen molar-refractivity contribution in [3.8, 4) is 0 Å². The van der Waals surface area contributed by atoms with Gasteiger partial charge in [-0.1, -0.05) is 19.1 Å². The van der Waals surface area contributed by atoms with Gasteiger partial charge in [-0.25, -0.2) is 0 Å².